The molecule has 0 aliphatic rings. The average molecular weight is 302 g/mol. The number of amides is 3. The van der Waals surface area contributed by atoms with Gasteiger partial charge in [0.1, 0.15) is 12.1 Å². The lowest BCUT2D eigenvalue weighted by Crippen LogP contribution is -2.53. The van der Waals surface area contributed by atoms with E-state index in [1.54, 1.807) is 13.8 Å². The van der Waals surface area contributed by atoms with Crippen molar-refractivity contribution in [2.45, 2.75) is 38.8 Å². The first-order valence-electron chi connectivity index (χ1n) is 6.48. The van der Waals surface area contributed by atoms with E-state index < -0.39 is 42.2 Å². The summed E-state index contributed by atoms with van der Waals surface area (Å²) in [6.07, 6.45) is -0.221. The SMILES string of the molecule is CC(C)C[C@H](NC(=O)[C@H](CC(N)=O)NC(=O)CN)C(=O)O. The molecule has 0 aromatic carbocycles. The zero-order valence-electron chi connectivity index (χ0n) is 12.1. The van der Waals surface area contributed by atoms with Crippen molar-refractivity contribution in [2.24, 2.45) is 17.4 Å². The van der Waals surface area contributed by atoms with Gasteiger partial charge in [0.2, 0.25) is 17.7 Å². The molecule has 0 fully saturated rings. The van der Waals surface area contributed by atoms with E-state index in [0.717, 1.165) is 0 Å². The van der Waals surface area contributed by atoms with Crippen LogP contribution in [0.2, 0.25) is 0 Å². The fourth-order valence-electron chi connectivity index (χ4n) is 1.63. The van der Waals surface area contributed by atoms with Crippen molar-refractivity contribution in [3.8, 4) is 0 Å². The van der Waals surface area contributed by atoms with E-state index in [4.69, 9.17) is 16.6 Å². The van der Waals surface area contributed by atoms with Crippen LogP contribution in [0.5, 0.6) is 0 Å². The van der Waals surface area contributed by atoms with Crippen molar-refractivity contribution in [3.63, 3.8) is 0 Å². The number of primary amides is 1. The van der Waals surface area contributed by atoms with Gasteiger partial charge in [0.05, 0.1) is 13.0 Å². The standard InChI is InChI=1S/C12H22N4O5/c1-6(2)3-8(12(20)21)16-11(19)7(4-9(14)17)15-10(18)5-13/h6-8H,3-5,13H2,1-2H3,(H2,14,17)(H,15,18)(H,16,19)(H,20,21)/t7-,8-/m0/s1. The summed E-state index contributed by atoms with van der Waals surface area (Å²) in [7, 11) is 0. The molecule has 0 spiro atoms. The van der Waals surface area contributed by atoms with Gasteiger partial charge in [-0.15, -0.1) is 0 Å². The highest BCUT2D eigenvalue weighted by molar-refractivity contribution is 5.93. The van der Waals surface area contributed by atoms with Crippen molar-refractivity contribution in [1.82, 2.24) is 10.6 Å². The molecule has 120 valence electrons. The van der Waals surface area contributed by atoms with E-state index in [2.05, 4.69) is 10.6 Å². The molecule has 0 unspecified atom stereocenters. The molecule has 2 atom stereocenters. The molecular weight excluding hydrogens is 280 g/mol. The van der Waals surface area contributed by atoms with Gasteiger partial charge in [0.25, 0.3) is 0 Å². The third-order valence-electron chi connectivity index (χ3n) is 2.56. The summed E-state index contributed by atoms with van der Waals surface area (Å²) in [5, 5.41) is 13.6. The van der Waals surface area contributed by atoms with Crippen LogP contribution < -0.4 is 22.1 Å². The summed E-state index contributed by atoms with van der Waals surface area (Å²) in [4.78, 5) is 45.2. The van der Waals surface area contributed by atoms with Crippen LogP contribution >= 0.6 is 0 Å². The number of carboxylic acids is 1. The smallest absolute Gasteiger partial charge is 0.326 e. The Morgan fingerprint density at radius 3 is 2.05 bits per heavy atom. The van der Waals surface area contributed by atoms with Crippen molar-refractivity contribution in [1.29, 1.82) is 0 Å². The number of nitrogens with two attached hydrogens (primary N) is 2. The normalized spacial score (nSPS) is 13.3. The first-order chi connectivity index (χ1) is 9.67. The average Bonchev–Trinajstić information content (AvgIpc) is 2.35. The van der Waals surface area contributed by atoms with Gasteiger partial charge in [-0.1, -0.05) is 13.8 Å². The highest BCUT2D eigenvalue weighted by Gasteiger charge is 2.27. The number of aliphatic carboxylic acids is 1. The Labute approximate surface area is 122 Å². The third kappa shape index (κ3) is 7.88. The molecule has 0 bridgehead atoms. The molecule has 7 N–H and O–H groups in total. The van der Waals surface area contributed by atoms with Crippen LogP contribution in [0, 0.1) is 5.92 Å². The number of nitrogens with one attached hydrogen (secondary N) is 2. The molecule has 3 amide bonds. The first-order valence-corrected chi connectivity index (χ1v) is 6.48. The molecule has 9 nitrogen and oxygen atoms in total. The molecule has 0 aliphatic carbocycles. The van der Waals surface area contributed by atoms with Gasteiger partial charge in [-0.05, 0) is 12.3 Å². The number of carbonyl (C=O) groups excluding carboxylic acids is 3. The quantitative estimate of drug-likeness (QED) is 0.328. The molecule has 0 rings (SSSR count). The van der Waals surface area contributed by atoms with Gasteiger partial charge < -0.3 is 27.2 Å². The summed E-state index contributed by atoms with van der Waals surface area (Å²) in [5.74, 6) is -3.39. The summed E-state index contributed by atoms with van der Waals surface area (Å²) >= 11 is 0. The molecule has 9 heteroatoms. The van der Waals surface area contributed by atoms with Crippen LogP contribution in [0.15, 0.2) is 0 Å². The zero-order chi connectivity index (χ0) is 16.6. The zero-order valence-corrected chi connectivity index (χ0v) is 12.1. The van der Waals surface area contributed by atoms with Crippen LogP contribution in [-0.2, 0) is 19.2 Å². The van der Waals surface area contributed by atoms with Gasteiger partial charge >= 0.3 is 5.97 Å². The summed E-state index contributed by atoms with van der Waals surface area (Å²) in [6.45, 7) is 3.25. The molecule has 21 heavy (non-hydrogen) atoms. The third-order valence-corrected chi connectivity index (χ3v) is 2.56. The Bertz CT molecular complexity index is 410. The van der Waals surface area contributed by atoms with Gasteiger partial charge in [-0.2, -0.15) is 0 Å². The van der Waals surface area contributed by atoms with Crippen LogP contribution in [-0.4, -0.2) is 47.4 Å². The largest absolute Gasteiger partial charge is 0.480 e. The van der Waals surface area contributed by atoms with Crippen molar-refractivity contribution in [2.75, 3.05) is 6.54 Å². The van der Waals surface area contributed by atoms with Gasteiger partial charge in [0.15, 0.2) is 0 Å². The molecule has 0 heterocycles. The van der Waals surface area contributed by atoms with Gasteiger partial charge in [0, 0.05) is 0 Å². The lowest BCUT2D eigenvalue weighted by atomic mass is 10.0. The van der Waals surface area contributed by atoms with Crippen LogP contribution in [0.3, 0.4) is 0 Å². The molecule has 0 aromatic heterocycles. The van der Waals surface area contributed by atoms with Crippen LogP contribution in [0.25, 0.3) is 0 Å². The number of hydrogen-bond acceptors (Lipinski definition) is 5. The predicted octanol–water partition coefficient (Wildman–Crippen LogP) is -2.08. The van der Waals surface area contributed by atoms with E-state index in [9.17, 15) is 19.2 Å². The number of rotatable bonds is 9. The Kier molecular flexibility index (Phi) is 7.99. The minimum Gasteiger partial charge on any atom is -0.480 e. The predicted molar refractivity (Wildman–Crippen MR) is 73.8 cm³/mol. The van der Waals surface area contributed by atoms with Gasteiger partial charge in [-0.3, -0.25) is 14.4 Å². The van der Waals surface area contributed by atoms with E-state index in [-0.39, 0.29) is 18.9 Å². The van der Waals surface area contributed by atoms with E-state index in [0.29, 0.717) is 0 Å². The second kappa shape index (κ2) is 8.90. The molecular formula is C12H22N4O5. The molecule has 0 saturated heterocycles. The highest BCUT2D eigenvalue weighted by atomic mass is 16.4. The first kappa shape index (κ1) is 18.8. The fraction of sp³-hybridized carbons (Fsp3) is 0.667. The number of carbonyl (C=O) groups is 4. The Morgan fingerprint density at radius 1 is 1.10 bits per heavy atom. The molecule has 0 radical (unpaired) electrons. The van der Waals surface area contributed by atoms with Crippen molar-refractivity contribution >= 4 is 23.7 Å². The van der Waals surface area contributed by atoms with E-state index in [1.807, 2.05) is 0 Å². The van der Waals surface area contributed by atoms with Crippen LogP contribution in [0.4, 0.5) is 0 Å². The Morgan fingerprint density at radius 2 is 1.67 bits per heavy atom. The Balaban J connectivity index is 4.87. The second-order valence-electron chi connectivity index (χ2n) is 5.02. The van der Waals surface area contributed by atoms with Gasteiger partial charge in [-0.25, -0.2) is 4.79 Å². The Hall–Kier alpha value is -2.16. The topological polar surface area (TPSA) is 165 Å². The minimum absolute atomic E-state index is 0.0413. The lowest BCUT2D eigenvalue weighted by molar-refractivity contribution is -0.142. The lowest BCUT2D eigenvalue weighted by Gasteiger charge is -2.21. The molecule has 0 aliphatic heterocycles. The number of hydrogen-bond donors (Lipinski definition) is 5. The highest BCUT2D eigenvalue weighted by Crippen LogP contribution is 2.05. The maximum absolute atomic E-state index is 12.0. The van der Waals surface area contributed by atoms with E-state index >= 15 is 0 Å². The number of carboxylic acid groups (broad SMARTS) is 1. The molecule has 0 aromatic rings. The summed E-state index contributed by atoms with van der Waals surface area (Å²) < 4.78 is 0. The van der Waals surface area contributed by atoms with E-state index in [1.165, 1.54) is 0 Å². The minimum atomic E-state index is -1.24. The maximum atomic E-state index is 12.0. The summed E-state index contributed by atoms with van der Waals surface area (Å²) in [5.41, 5.74) is 10.1. The fourth-order valence-corrected chi connectivity index (χ4v) is 1.63. The molecule has 0 saturated carbocycles. The summed E-state index contributed by atoms with van der Waals surface area (Å²) in [6, 6.07) is -2.35. The maximum Gasteiger partial charge on any atom is 0.326 e. The van der Waals surface area contributed by atoms with Crippen molar-refractivity contribution < 1.29 is 24.3 Å². The van der Waals surface area contributed by atoms with Crippen molar-refractivity contribution in [3.05, 3.63) is 0 Å². The monoisotopic (exact) mass is 302 g/mol. The van der Waals surface area contributed by atoms with Crippen LogP contribution in [0.1, 0.15) is 26.7 Å². The second-order valence-corrected chi connectivity index (χ2v) is 5.02.